The second-order valence-corrected chi connectivity index (χ2v) is 4.64. The van der Waals surface area contributed by atoms with E-state index in [9.17, 15) is 15.0 Å². The van der Waals surface area contributed by atoms with Gasteiger partial charge < -0.3 is 20.7 Å². The van der Waals surface area contributed by atoms with Gasteiger partial charge in [-0.1, -0.05) is 5.21 Å². The zero-order chi connectivity index (χ0) is 13.3. The lowest BCUT2D eigenvalue weighted by atomic mass is 10.1. The average Bonchev–Trinajstić information content (AvgIpc) is 2.82. The zero-order valence-corrected chi connectivity index (χ0v) is 9.54. The van der Waals surface area contributed by atoms with Gasteiger partial charge >= 0.3 is 5.69 Å². The lowest BCUT2D eigenvalue weighted by Gasteiger charge is -2.19. The highest BCUT2D eigenvalue weighted by Gasteiger charge is 2.47. The van der Waals surface area contributed by atoms with Crippen LogP contribution < -0.4 is 11.4 Å². The number of aromatic nitrogens is 5. The monoisotopic (exact) mass is 266 g/mol. The van der Waals surface area contributed by atoms with Crippen molar-refractivity contribution in [1.82, 2.24) is 24.5 Å². The molecule has 2 aromatic rings. The Kier molecular flexibility index (Phi) is 1.88. The van der Waals surface area contributed by atoms with Crippen LogP contribution >= 0.6 is 0 Å². The van der Waals surface area contributed by atoms with E-state index < -0.39 is 30.2 Å². The predicted molar refractivity (Wildman–Crippen MR) is 59.9 cm³/mol. The molecule has 10 nitrogen and oxygen atoms in total. The van der Waals surface area contributed by atoms with E-state index in [-0.39, 0.29) is 17.9 Å². The fourth-order valence-corrected chi connectivity index (χ4v) is 2.63. The first kappa shape index (κ1) is 10.8. The number of fused-ring (bicyclic) bond motifs is 3. The molecule has 2 aliphatic heterocycles. The van der Waals surface area contributed by atoms with Crippen molar-refractivity contribution in [3.63, 3.8) is 0 Å². The van der Waals surface area contributed by atoms with E-state index in [0.29, 0.717) is 5.65 Å². The number of hydrogen-bond acceptors (Lipinski definition) is 8. The van der Waals surface area contributed by atoms with Gasteiger partial charge in [0.15, 0.2) is 23.2 Å². The molecule has 0 saturated carbocycles. The van der Waals surface area contributed by atoms with Gasteiger partial charge in [0, 0.05) is 0 Å². The van der Waals surface area contributed by atoms with Crippen molar-refractivity contribution in [3.05, 3.63) is 10.5 Å². The highest BCUT2D eigenvalue weighted by molar-refractivity contribution is 5.81. The maximum Gasteiger partial charge on any atom is 0.353 e. The molecule has 1 saturated heterocycles. The number of aliphatic hydroxyl groups is 2. The SMILES string of the molecule is Nc1nc(=O)n2c3c1nnn3C[C@H]1O[C@H]2C(O)C1O. The van der Waals surface area contributed by atoms with Crippen LogP contribution in [0.5, 0.6) is 0 Å². The van der Waals surface area contributed by atoms with Gasteiger partial charge in [-0.15, -0.1) is 5.10 Å². The van der Waals surface area contributed by atoms with Crippen molar-refractivity contribution in [2.24, 2.45) is 0 Å². The second kappa shape index (κ2) is 3.29. The first-order valence-corrected chi connectivity index (χ1v) is 5.70. The van der Waals surface area contributed by atoms with E-state index in [0.717, 1.165) is 4.57 Å². The standard InChI is InChI=1S/C9H10N6O4/c10-6-3-7-14(13-12-3)1-2-4(16)5(17)8(19-2)15(7)9(18)11-6/h2,4-5,8,16-17H,1H2,(H2,10,11,18)/t2-,4?,5?,8+/m1/s1. The van der Waals surface area contributed by atoms with E-state index in [1.165, 1.54) is 4.68 Å². The molecule has 100 valence electrons. The van der Waals surface area contributed by atoms with Crippen molar-refractivity contribution >= 4 is 17.0 Å². The topological polar surface area (TPSA) is 141 Å². The summed E-state index contributed by atoms with van der Waals surface area (Å²) >= 11 is 0. The molecule has 4 heterocycles. The lowest BCUT2D eigenvalue weighted by molar-refractivity contribution is -0.0357. The normalized spacial score (nSPS) is 32.7. The van der Waals surface area contributed by atoms with Crippen molar-refractivity contribution in [1.29, 1.82) is 0 Å². The summed E-state index contributed by atoms with van der Waals surface area (Å²) in [6, 6.07) is 0. The number of nitrogen functional groups attached to an aromatic ring is 1. The second-order valence-electron chi connectivity index (χ2n) is 4.64. The number of anilines is 1. The molecule has 0 spiro atoms. The van der Waals surface area contributed by atoms with Gasteiger partial charge in [0.2, 0.25) is 0 Å². The summed E-state index contributed by atoms with van der Waals surface area (Å²) in [6.07, 6.45) is -3.98. The minimum atomic E-state index is -1.21. The van der Waals surface area contributed by atoms with Gasteiger partial charge in [-0.05, 0) is 0 Å². The summed E-state index contributed by atoms with van der Waals surface area (Å²) in [5.41, 5.74) is 5.58. The van der Waals surface area contributed by atoms with Crippen LogP contribution in [0.15, 0.2) is 4.79 Å². The van der Waals surface area contributed by atoms with Crippen molar-refractivity contribution < 1.29 is 14.9 Å². The molecule has 0 amide bonds. The number of hydrogen-bond donors (Lipinski definition) is 3. The van der Waals surface area contributed by atoms with Crippen LogP contribution in [0.4, 0.5) is 5.82 Å². The van der Waals surface area contributed by atoms with Crippen LogP contribution in [0.2, 0.25) is 0 Å². The minimum absolute atomic E-state index is 0.0182. The maximum absolute atomic E-state index is 12.0. The Bertz CT molecular complexity index is 738. The molecule has 4 rings (SSSR count). The molecule has 0 aromatic carbocycles. The van der Waals surface area contributed by atoms with Gasteiger partial charge in [-0.3, -0.25) is 0 Å². The molecule has 4 atom stereocenters. The Morgan fingerprint density at radius 3 is 2.95 bits per heavy atom. The zero-order valence-electron chi connectivity index (χ0n) is 9.54. The summed E-state index contributed by atoms with van der Waals surface area (Å²) in [6.45, 7) is 0.175. The summed E-state index contributed by atoms with van der Waals surface area (Å²) in [7, 11) is 0. The molecule has 2 aromatic heterocycles. The van der Waals surface area contributed by atoms with Crippen molar-refractivity contribution in [3.8, 4) is 0 Å². The minimum Gasteiger partial charge on any atom is -0.387 e. The first-order chi connectivity index (χ1) is 9.08. The molecule has 1 fully saturated rings. The molecule has 2 unspecified atom stereocenters. The third-order valence-electron chi connectivity index (χ3n) is 3.55. The number of nitrogens with zero attached hydrogens (tertiary/aromatic N) is 5. The first-order valence-electron chi connectivity index (χ1n) is 5.70. The number of ether oxygens (including phenoxy) is 1. The summed E-state index contributed by atoms with van der Waals surface area (Å²) in [5.74, 6) is -0.0182. The van der Waals surface area contributed by atoms with Gasteiger partial charge in [0.05, 0.1) is 6.54 Å². The Hall–Kier alpha value is -2.04. The smallest absolute Gasteiger partial charge is 0.353 e. The highest BCUT2D eigenvalue weighted by Crippen LogP contribution is 2.34. The average molecular weight is 266 g/mol. The van der Waals surface area contributed by atoms with Crippen LogP contribution in [0.1, 0.15) is 6.23 Å². The van der Waals surface area contributed by atoms with Crippen molar-refractivity contribution in [2.45, 2.75) is 31.1 Å². The Morgan fingerprint density at radius 1 is 1.37 bits per heavy atom. The Balaban J connectivity index is 2.11. The Labute approximate surface area is 105 Å². The molecule has 10 heteroatoms. The summed E-state index contributed by atoms with van der Waals surface area (Å²) in [4.78, 5) is 15.6. The van der Waals surface area contributed by atoms with E-state index in [1.54, 1.807) is 0 Å². The van der Waals surface area contributed by atoms with Gasteiger partial charge in [-0.2, -0.15) is 4.98 Å². The molecule has 2 bridgehead atoms. The summed E-state index contributed by atoms with van der Waals surface area (Å²) < 4.78 is 8.05. The fraction of sp³-hybridized carbons (Fsp3) is 0.556. The largest absolute Gasteiger partial charge is 0.387 e. The molecule has 19 heavy (non-hydrogen) atoms. The van der Waals surface area contributed by atoms with E-state index >= 15 is 0 Å². The number of aliphatic hydroxyl groups excluding tert-OH is 2. The van der Waals surface area contributed by atoms with Gasteiger partial charge in [0.25, 0.3) is 0 Å². The van der Waals surface area contributed by atoms with E-state index in [1.807, 2.05) is 0 Å². The van der Waals surface area contributed by atoms with E-state index in [4.69, 9.17) is 10.5 Å². The van der Waals surface area contributed by atoms with Crippen LogP contribution in [0, 0.1) is 0 Å². The molecule has 4 N–H and O–H groups in total. The third-order valence-corrected chi connectivity index (χ3v) is 3.55. The molecule has 0 radical (unpaired) electrons. The van der Waals surface area contributed by atoms with E-state index in [2.05, 4.69) is 15.3 Å². The number of nitrogens with two attached hydrogens (primary N) is 1. The number of rotatable bonds is 0. The van der Waals surface area contributed by atoms with Crippen molar-refractivity contribution in [2.75, 3.05) is 5.73 Å². The van der Waals surface area contributed by atoms with Crippen LogP contribution in [-0.2, 0) is 11.3 Å². The van der Waals surface area contributed by atoms with Gasteiger partial charge in [0.1, 0.15) is 18.3 Å². The molecule has 0 aliphatic carbocycles. The van der Waals surface area contributed by atoms with Crippen LogP contribution in [0.3, 0.4) is 0 Å². The predicted octanol–water partition coefficient (Wildman–Crippen LogP) is -2.80. The quantitative estimate of drug-likeness (QED) is 0.464. The fourth-order valence-electron chi connectivity index (χ4n) is 2.63. The molecular formula is C9H10N6O4. The third kappa shape index (κ3) is 1.20. The lowest BCUT2D eigenvalue weighted by Crippen LogP contribution is -2.39. The molecular weight excluding hydrogens is 256 g/mol. The van der Waals surface area contributed by atoms with Gasteiger partial charge in [-0.25, -0.2) is 14.0 Å². The highest BCUT2D eigenvalue weighted by atomic mass is 16.6. The maximum atomic E-state index is 12.0. The summed E-state index contributed by atoms with van der Waals surface area (Å²) in [5, 5.41) is 27.6. The van der Waals surface area contributed by atoms with Crippen LogP contribution in [-0.4, -0.2) is 53.1 Å². The molecule has 2 aliphatic rings. The Morgan fingerprint density at radius 2 is 2.16 bits per heavy atom. The van der Waals surface area contributed by atoms with Crippen LogP contribution in [0.25, 0.3) is 11.2 Å².